The molecule has 0 unspecified atom stereocenters. The molecular weight excluding hydrogens is 353 g/mol. The fourth-order valence-corrected chi connectivity index (χ4v) is 2.13. The highest BCUT2D eigenvalue weighted by atomic mass is 127. The molecule has 0 saturated heterocycles. The van der Waals surface area contributed by atoms with Gasteiger partial charge in [0, 0.05) is 3.57 Å². The molecule has 0 spiro atoms. The minimum absolute atomic E-state index is 0.444. The molecule has 0 radical (unpaired) electrons. The van der Waals surface area contributed by atoms with E-state index in [1.807, 2.05) is 42.5 Å². The standard InChI is InChI=1S/C15H12INO2/c1-11(12-7-3-2-4-8-12)17-19-15(18)13-9-5-6-10-14(13)16/h2-10H,1H3. The second-order valence-corrected chi connectivity index (χ2v) is 5.06. The lowest BCUT2D eigenvalue weighted by molar-refractivity contribution is 0.0515. The Morgan fingerprint density at radius 3 is 2.37 bits per heavy atom. The van der Waals surface area contributed by atoms with E-state index in [1.165, 1.54) is 0 Å². The quantitative estimate of drug-likeness (QED) is 0.359. The van der Waals surface area contributed by atoms with Crippen LogP contribution in [-0.4, -0.2) is 11.7 Å². The molecular formula is C15H12INO2. The van der Waals surface area contributed by atoms with Crippen LogP contribution in [-0.2, 0) is 4.84 Å². The number of benzene rings is 2. The van der Waals surface area contributed by atoms with Crippen molar-refractivity contribution in [2.75, 3.05) is 0 Å². The Balaban J connectivity index is 2.11. The fourth-order valence-electron chi connectivity index (χ4n) is 1.52. The molecule has 96 valence electrons. The van der Waals surface area contributed by atoms with Crippen molar-refractivity contribution >= 4 is 34.3 Å². The zero-order valence-corrected chi connectivity index (χ0v) is 12.5. The zero-order valence-electron chi connectivity index (χ0n) is 10.3. The van der Waals surface area contributed by atoms with Gasteiger partial charge in [-0.05, 0) is 47.2 Å². The largest absolute Gasteiger partial charge is 0.366 e. The van der Waals surface area contributed by atoms with Gasteiger partial charge in [0.2, 0.25) is 0 Å². The average molecular weight is 365 g/mol. The van der Waals surface area contributed by atoms with Crippen LogP contribution in [0.25, 0.3) is 0 Å². The first-order valence-corrected chi connectivity index (χ1v) is 6.82. The van der Waals surface area contributed by atoms with E-state index < -0.39 is 5.97 Å². The van der Waals surface area contributed by atoms with Gasteiger partial charge in [-0.25, -0.2) is 4.79 Å². The lowest BCUT2D eigenvalue weighted by Gasteiger charge is -2.02. The number of hydrogen-bond donors (Lipinski definition) is 0. The third kappa shape index (κ3) is 3.64. The average Bonchev–Trinajstić information content (AvgIpc) is 2.46. The molecule has 0 aliphatic carbocycles. The normalized spacial score (nSPS) is 11.2. The lowest BCUT2D eigenvalue weighted by Crippen LogP contribution is -2.05. The van der Waals surface area contributed by atoms with E-state index in [2.05, 4.69) is 27.7 Å². The molecule has 4 heteroatoms. The van der Waals surface area contributed by atoms with Crippen LogP contribution < -0.4 is 0 Å². The number of rotatable bonds is 3. The smallest absolute Gasteiger partial charge is 0.312 e. The van der Waals surface area contributed by atoms with Gasteiger partial charge in [0.25, 0.3) is 0 Å². The molecule has 0 bridgehead atoms. The van der Waals surface area contributed by atoms with Gasteiger partial charge in [0.1, 0.15) is 0 Å². The molecule has 0 amide bonds. The zero-order chi connectivity index (χ0) is 13.7. The van der Waals surface area contributed by atoms with E-state index in [9.17, 15) is 4.79 Å². The molecule has 0 saturated carbocycles. The summed E-state index contributed by atoms with van der Waals surface area (Å²) in [6.07, 6.45) is 0. The Hall–Kier alpha value is -1.69. The molecule has 19 heavy (non-hydrogen) atoms. The van der Waals surface area contributed by atoms with Crippen molar-refractivity contribution in [3.63, 3.8) is 0 Å². The van der Waals surface area contributed by atoms with Gasteiger partial charge in [-0.1, -0.05) is 47.6 Å². The first-order chi connectivity index (χ1) is 9.18. The van der Waals surface area contributed by atoms with E-state index in [0.717, 1.165) is 9.13 Å². The van der Waals surface area contributed by atoms with Crippen LogP contribution in [0.15, 0.2) is 59.8 Å². The Kier molecular flexibility index (Phi) is 4.68. The second kappa shape index (κ2) is 6.47. The monoisotopic (exact) mass is 365 g/mol. The molecule has 3 nitrogen and oxygen atoms in total. The van der Waals surface area contributed by atoms with Gasteiger partial charge in [-0.2, -0.15) is 0 Å². The summed E-state index contributed by atoms with van der Waals surface area (Å²) >= 11 is 2.09. The summed E-state index contributed by atoms with van der Waals surface area (Å²) in [5.41, 5.74) is 2.12. The van der Waals surface area contributed by atoms with E-state index >= 15 is 0 Å². The fraction of sp³-hybridized carbons (Fsp3) is 0.0667. The van der Waals surface area contributed by atoms with E-state index in [4.69, 9.17) is 4.84 Å². The van der Waals surface area contributed by atoms with Crippen LogP contribution in [0.3, 0.4) is 0 Å². The van der Waals surface area contributed by atoms with E-state index in [0.29, 0.717) is 11.3 Å². The van der Waals surface area contributed by atoms with E-state index in [1.54, 1.807) is 19.1 Å². The number of halogens is 1. The van der Waals surface area contributed by atoms with Gasteiger partial charge in [0.15, 0.2) is 0 Å². The van der Waals surface area contributed by atoms with Crippen molar-refractivity contribution < 1.29 is 9.63 Å². The SMILES string of the molecule is CC(=NOC(=O)c1ccccc1I)c1ccccc1. The maximum Gasteiger partial charge on any atom is 0.366 e. The van der Waals surface area contributed by atoms with Crippen molar-refractivity contribution in [2.24, 2.45) is 5.16 Å². The molecule has 0 heterocycles. The van der Waals surface area contributed by atoms with Crippen LogP contribution in [0.2, 0.25) is 0 Å². The summed E-state index contributed by atoms with van der Waals surface area (Å²) in [6.45, 7) is 1.80. The second-order valence-electron chi connectivity index (χ2n) is 3.90. The number of oxime groups is 1. The Morgan fingerprint density at radius 2 is 1.68 bits per heavy atom. The molecule has 2 aromatic rings. The molecule has 0 aromatic heterocycles. The van der Waals surface area contributed by atoms with Crippen molar-refractivity contribution in [3.8, 4) is 0 Å². The van der Waals surface area contributed by atoms with Gasteiger partial charge in [0.05, 0.1) is 11.3 Å². The van der Waals surface area contributed by atoms with Crippen molar-refractivity contribution in [2.45, 2.75) is 6.92 Å². The Labute approximate surface area is 125 Å². The van der Waals surface area contributed by atoms with Gasteiger partial charge in [-0.3, -0.25) is 0 Å². The third-order valence-electron chi connectivity index (χ3n) is 2.55. The van der Waals surface area contributed by atoms with Crippen molar-refractivity contribution in [1.82, 2.24) is 0 Å². The van der Waals surface area contributed by atoms with Crippen LogP contribution in [0.1, 0.15) is 22.8 Å². The highest BCUT2D eigenvalue weighted by Gasteiger charge is 2.10. The summed E-state index contributed by atoms with van der Waals surface area (Å²) in [5, 5.41) is 3.88. The Morgan fingerprint density at radius 1 is 1.05 bits per heavy atom. The molecule has 2 aromatic carbocycles. The number of carbonyl (C=O) groups excluding carboxylic acids is 1. The highest BCUT2D eigenvalue weighted by Crippen LogP contribution is 2.13. The van der Waals surface area contributed by atoms with Crippen molar-refractivity contribution in [3.05, 3.63) is 69.3 Å². The minimum atomic E-state index is -0.444. The maximum absolute atomic E-state index is 11.9. The maximum atomic E-state index is 11.9. The first kappa shape index (κ1) is 13.7. The predicted molar refractivity (Wildman–Crippen MR) is 83.2 cm³/mol. The molecule has 0 atom stereocenters. The van der Waals surface area contributed by atoms with Crippen LogP contribution >= 0.6 is 22.6 Å². The molecule has 0 fully saturated rings. The summed E-state index contributed by atoms with van der Waals surface area (Å²) in [5.74, 6) is -0.444. The summed E-state index contributed by atoms with van der Waals surface area (Å²) in [6, 6.07) is 16.8. The number of hydrogen-bond acceptors (Lipinski definition) is 3. The number of nitrogens with zero attached hydrogens (tertiary/aromatic N) is 1. The van der Waals surface area contributed by atoms with Gasteiger partial charge < -0.3 is 4.84 Å². The van der Waals surface area contributed by atoms with Crippen LogP contribution in [0, 0.1) is 3.57 Å². The lowest BCUT2D eigenvalue weighted by atomic mass is 10.1. The summed E-state index contributed by atoms with van der Waals surface area (Å²) in [7, 11) is 0. The third-order valence-corrected chi connectivity index (χ3v) is 3.49. The summed E-state index contributed by atoms with van der Waals surface area (Å²) < 4.78 is 0.845. The molecule has 0 aliphatic heterocycles. The van der Waals surface area contributed by atoms with Gasteiger partial charge >= 0.3 is 5.97 Å². The van der Waals surface area contributed by atoms with Crippen LogP contribution in [0.4, 0.5) is 0 Å². The van der Waals surface area contributed by atoms with Crippen LogP contribution in [0.5, 0.6) is 0 Å². The molecule has 0 aliphatic rings. The molecule has 0 N–H and O–H groups in total. The highest BCUT2D eigenvalue weighted by molar-refractivity contribution is 14.1. The summed E-state index contributed by atoms with van der Waals surface area (Å²) in [4.78, 5) is 16.8. The Bertz CT molecular complexity index is 609. The van der Waals surface area contributed by atoms with E-state index in [-0.39, 0.29) is 0 Å². The first-order valence-electron chi connectivity index (χ1n) is 5.74. The minimum Gasteiger partial charge on any atom is -0.312 e. The topological polar surface area (TPSA) is 38.7 Å². The molecule has 2 rings (SSSR count). The number of carbonyl (C=O) groups is 1. The predicted octanol–water partition coefficient (Wildman–Crippen LogP) is 3.87. The van der Waals surface area contributed by atoms with Crippen molar-refractivity contribution in [1.29, 1.82) is 0 Å². The van der Waals surface area contributed by atoms with Gasteiger partial charge in [-0.15, -0.1) is 0 Å².